The van der Waals surface area contributed by atoms with Crippen molar-refractivity contribution < 1.29 is 14.3 Å². The van der Waals surface area contributed by atoms with Crippen molar-refractivity contribution in [2.45, 2.75) is 0 Å². The minimum absolute atomic E-state index is 0.242. The van der Waals surface area contributed by atoms with E-state index < -0.39 is 0 Å². The average molecular weight is 369 g/mol. The maximum Gasteiger partial charge on any atom is 0.255 e. The Morgan fingerprint density at radius 2 is 1.81 bits per heavy atom. The van der Waals surface area contributed by atoms with Crippen LogP contribution in [0.5, 0.6) is 11.5 Å². The lowest BCUT2D eigenvalue weighted by Crippen LogP contribution is -2.12. The van der Waals surface area contributed by atoms with Crippen LogP contribution in [-0.2, 0) is 0 Å². The maximum atomic E-state index is 12.6. The molecular formula is C19H19N3O3S. The molecule has 0 saturated heterocycles. The lowest BCUT2D eigenvalue weighted by molar-refractivity contribution is 0.102. The fourth-order valence-electron chi connectivity index (χ4n) is 2.42. The van der Waals surface area contributed by atoms with Crippen molar-refractivity contribution in [3.8, 4) is 22.8 Å². The third-order valence-corrected chi connectivity index (χ3v) is 4.61. The minimum Gasteiger partial charge on any atom is -0.497 e. The van der Waals surface area contributed by atoms with E-state index in [1.807, 2.05) is 36.7 Å². The van der Waals surface area contributed by atoms with Crippen LogP contribution in [0.3, 0.4) is 0 Å². The monoisotopic (exact) mass is 369 g/mol. The highest BCUT2D eigenvalue weighted by molar-refractivity contribution is 7.14. The van der Waals surface area contributed by atoms with Crippen LogP contribution in [0, 0.1) is 0 Å². The number of nitrogens with zero attached hydrogens (tertiary/aromatic N) is 1. The Morgan fingerprint density at radius 1 is 1.08 bits per heavy atom. The van der Waals surface area contributed by atoms with Gasteiger partial charge < -0.3 is 20.1 Å². The molecule has 0 bridgehead atoms. The summed E-state index contributed by atoms with van der Waals surface area (Å²) in [6.45, 7) is 0. The number of anilines is 2. The topological polar surface area (TPSA) is 72.5 Å². The molecule has 1 aromatic heterocycles. The Bertz CT molecular complexity index is 902. The first kappa shape index (κ1) is 17.8. The Kier molecular flexibility index (Phi) is 5.38. The number of aromatic nitrogens is 1. The van der Waals surface area contributed by atoms with Gasteiger partial charge in [0.15, 0.2) is 5.13 Å². The number of hydrogen-bond donors (Lipinski definition) is 2. The van der Waals surface area contributed by atoms with E-state index >= 15 is 0 Å². The molecular weight excluding hydrogens is 350 g/mol. The van der Waals surface area contributed by atoms with Gasteiger partial charge in [0.05, 0.1) is 19.9 Å². The Balaban J connectivity index is 1.82. The van der Waals surface area contributed by atoms with Gasteiger partial charge in [-0.15, -0.1) is 11.3 Å². The number of hydrogen-bond acceptors (Lipinski definition) is 6. The number of nitrogens with one attached hydrogen (secondary N) is 2. The van der Waals surface area contributed by atoms with Crippen molar-refractivity contribution in [2.75, 3.05) is 31.9 Å². The number of thiazole rings is 1. The molecule has 26 heavy (non-hydrogen) atoms. The number of amides is 1. The molecule has 0 aliphatic heterocycles. The maximum absolute atomic E-state index is 12.6. The van der Waals surface area contributed by atoms with E-state index in [1.165, 1.54) is 11.3 Å². The molecule has 0 saturated carbocycles. The van der Waals surface area contributed by atoms with Crippen molar-refractivity contribution in [1.29, 1.82) is 0 Å². The summed E-state index contributed by atoms with van der Waals surface area (Å²) in [5, 5.41) is 8.74. The molecule has 0 aliphatic carbocycles. The molecule has 0 radical (unpaired) electrons. The van der Waals surface area contributed by atoms with E-state index in [-0.39, 0.29) is 5.91 Å². The summed E-state index contributed by atoms with van der Waals surface area (Å²) in [4.78, 5) is 17.1. The van der Waals surface area contributed by atoms with Gasteiger partial charge in [-0.1, -0.05) is 12.1 Å². The Labute approximate surface area is 155 Å². The summed E-state index contributed by atoms with van der Waals surface area (Å²) in [7, 11) is 4.93. The van der Waals surface area contributed by atoms with Gasteiger partial charge in [-0.3, -0.25) is 4.79 Å². The zero-order valence-corrected chi connectivity index (χ0v) is 15.5. The SMILES string of the molecule is CNc1nc(-c2cccc(NC(=O)c3cc(OC)cc(OC)c3)c2)cs1. The van der Waals surface area contributed by atoms with E-state index in [0.717, 1.165) is 16.4 Å². The summed E-state index contributed by atoms with van der Waals surface area (Å²) >= 11 is 1.53. The number of rotatable bonds is 6. The summed E-state index contributed by atoms with van der Waals surface area (Å²) in [6, 6.07) is 12.6. The number of ether oxygens (including phenoxy) is 2. The van der Waals surface area contributed by atoms with Gasteiger partial charge in [-0.2, -0.15) is 0 Å². The highest BCUT2D eigenvalue weighted by atomic mass is 32.1. The fourth-order valence-corrected chi connectivity index (χ4v) is 3.10. The van der Waals surface area contributed by atoms with Crippen LogP contribution in [0.15, 0.2) is 47.8 Å². The molecule has 6 nitrogen and oxygen atoms in total. The van der Waals surface area contributed by atoms with Crippen molar-refractivity contribution in [1.82, 2.24) is 4.98 Å². The highest BCUT2D eigenvalue weighted by Gasteiger charge is 2.11. The number of carbonyl (C=O) groups is 1. The van der Waals surface area contributed by atoms with E-state index in [4.69, 9.17) is 9.47 Å². The van der Waals surface area contributed by atoms with Crippen LogP contribution in [0.2, 0.25) is 0 Å². The zero-order chi connectivity index (χ0) is 18.5. The Hall–Kier alpha value is -3.06. The quantitative estimate of drug-likeness (QED) is 0.684. The van der Waals surface area contributed by atoms with E-state index in [9.17, 15) is 4.79 Å². The number of methoxy groups -OCH3 is 2. The van der Waals surface area contributed by atoms with Gasteiger partial charge >= 0.3 is 0 Å². The van der Waals surface area contributed by atoms with Crippen LogP contribution < -0.4 is 20.1 Å². The fraction of sp³-hybridized carbons (Fsp3) is 0.158. The predicted molar refractivity (Wildman–Crippen MR) is 105 cm³/mol. The molecule has 2 aromatic carbocycles. The van der Waals surface area contributed by atoms with Gasteiger partial charge in [0.25, 0.3) is 5.91 Å². The second kappa shape index (κ2) is 7.88. The third kappa shape index (κ3) is 3.94. The average Bonchev–Trinajstić information content (AvgIpc) is 3.17. The summed E-state index contributed by atoms with van der Waals surface area (Å²) in [6.07, 6.45) is 0. The molecule has 1 amide bonds. The van der Waals surface area contributed by atoms with Gasteiger partial charge in [0.2, 0.25) is 0 Å². The molecule has 2 N–H and O–H groups in total. The minimum atomic E-state index is -0.242. The number of carbonyl (C=O) groups excluding carboxylic acids is 1. The van der Waals surface area contributed by atoms with Gasteiger partial charge in [0, 0.05) is 35.3 Å². The largest absolute Gasteiger partial charge is 0.497 e. The molecule has 134 valence electrons. The molecule has 0 fully saturated rings. The Morgan fingerprint density at radius 3 is 2.42 bits per heavy atom. The van der Waals surface area contributed by atoms with Crippen LogP contribution in [0.25, 0.3) is 11.3 Å². The summed E-state index contributed by atoms with van der Waals surface area (Å²) in [5.41, 5.74) is 2.94. The molecule has 3 aromatic rings. The second-order valence-electron chi connectivity index (χ2n) is 5.42. The summed E-state index contributed by atoms with van der Waals surface area (Å²) in [5.74, 6) is 0.879. The predicted octanol–water partition coefficient (Wildman–Crippen LogP) is 4.12. The second-order valence-corrected chi connectivity index (χ2v) is 6.28. The van der Waals surface area contributed by atoms with Crippen molar-refractivity contribution in [3.05, 3.63) is 53.4 Å². The van der Waals surface area contributed by atoms with Gasteiger partial charge in [0.1, 0.15) is 11.5 Å². The molecule has 1 heterocycles. The molecule has 0 spiro atoms. The first-order chi connectivity index (χ1) is 12.6. The van der Waals surface area contributed by atoms with Crippen molar-refractivity contribution >= 4 is 28.1 Å². The lowest BCUT2D eigenvalue weighted by Gasteiger charge is -2.10. The first-order valence-corrected chi connectivity index (χ1v) is 8.79. The van der Waals surface area contributed by atoms with Crippen molar-refractivity contribution in [2.24, 2.45) is 0 Å². The van der Waals surface area contributed by atoms with Crippen molar-refractivity contribution in [3.63, 3.8) is 0 Å². The first-order valence-electron chi connectivity index (χ1n) is 7.91. The van der Waals surface area contributed by atoms with Crippen LogP contribution in [0.4, 0.5) is 10.8 Å². The third-order valence-electron chi connectivity index (χ3n) is 3.75. The van der Waals surface area contributed by atoms with Gasteiger partial charge in [-0.25, -0.2) is 4.98 Å². The number of benzene rings is 2. The molecule has 7 heteroatoms. The van der Waals surface area contributed by atoms with Crippen LogP contribution in [0.1, 0.15) is 10.4 Å². The highest BCUT2D eigenvalue weighted by Crippen LogP contribution is 2.27. The zero-order valence-electron chi connectivity index (χ0n) is 14.7. The molecule has 0 aliphatic rings. The van der Waals surface area contributed by atoms with Gasteiger partial charge in [-0.05, 0) is 24.3 Å². The summed E-state index contributed by atoms with van der Waals surface area (Å²) < 4.78 is 10.4. The van der Waals surface area contributed by atoms with E-state index in [0.29, 0.717) is 22.7 Å². The lowest BCUT2D eigenvalue weighted by atomic mass is 10.1. The smallest absolute Gasteiger partial charge is 0.255 e. The molecule has 0 unspecified atom stereocenters. The van der Waals surface area contributed by atoms with E-state index in [1.54, 1.807) is 32.4 Å². The molecule has 3 rings (SSSR count). The van der Waals surface area contributed by atoms with Crippen LogP contribution >= 0.6 is 11.3 Å². The van der Waals surface area contributed by atoms with E-state index in [2.05, 4.69) is 15.6 Å². The normalized spacial score (nSPS) is 10.3. The molecule has 0 atom stereocenters. The standard InChI is InChI=1S/C19H19N3O3S/c1-20-19-22-17(11-26-19)12-5-4-6-14(7-12)21-18(23)13-8-15(24-2)10-16(9-13)25-3/h4-11H,1-3H3,(H,20,22)(H,21,23). The van der Waals surface area contributed by atoms with Crippen LogP contribution in [-0.4, -0.2) is 32.2 Å².